The lowest BCUT2D eigenvalue weighted by atomic mass is 10.0. The van der Waals surface area contributed by atoms with E-state index in [1.54, 1.807) is 25.2 Å². The minimum atomic E-state index is -1.01. The smallest absolute Gasteiger partial charge is 0.335 e. The maximum Gasteiger partial charge on any atom is 0.335 e. The molecule has 0 saturated carbocycles. The van der Waals surface area contributed by atoms with Gasteiger partial charge in [0.1, 0.15) is 5.82 Å². The van der Waals surface area contributed by atoms with Crippen molar-refractivity contribution in [2.45, 2.75) is 18.9 Å². The summed E-state index contributed by atoms with van der Waals surface area (Å²) in [7, 11) is 1.62. The van der Waals surface area contributed by atoms with Gasteiger partial charge in [0.05, 0.1) is 22.2 Å². The van der Waals surface area contributed by atoms with Crippen LogP contribution in [0.4, 0.5) is 4.39 Å². The summed E-state index contributed by atoms with van der Waals surface area (Å²) in [5.41, 5.74) is 2.13. The molecule has 0 bridgehead atoms. The highest BCUT2D eigenvalue weighted by molar-refractivity contribution is 6.34. The summed E-state index contributed by atoms with van der Waals surface area (Å²) in [6, 6.07) is 8.81. The Bertz CT molecular complexity index is 837. The van der Waals surface area contributed by atoms with E-state index in [1.807, 2.05) is 0 Å². The molecule has 24 heavy (non-hydrogen) atoms. The zero-order valence-corrected chi connectivity index (χ0v) is 13.7. The number of halogens is 2. The Morgan fingerprint density at radius 1 is 1.29 bits per heavy atom. The molecule has 6 heteroatoms. The van der Waals surface area contributed by atoms with Crippen molar-refractivity contribution in [1.82, 2.24) is 4.90 Å². The van der Waals surface area contributed by atoms with Crippen LogP contribution in [0, 0.1) is 5.82 Å². The number of hydrogen-bond donors (Lipinski definition) is 1. The maximum absolute atomic E-state index is 13.6. The molecule has 1 aliphatic carbocycles. The fourth-order valence-electron chi connectivity index (χ4n) is 3.12. The lowest BCUT2D eigenvalue weighted by Gasteiger charge is -2.26. The van der Waals surface area contributed by atoms with Crippen LogP contribution >= 0.6 is 11.6 Å². The van der Waals surface area contributed by atoms with E-state index >= 15 is 0 Å². The van der Waals surface area contributed by atoms with Crippen molar-refractivity contribution in [1.29, 1.82) is 0 Å². The van der Waals surface area contributed by atoms with Gasteiger partial charge in [-0.2, -0.15) is 0 Å². The van der Waals surface area contributed by atoms with Crippen molar-refractivity contribution in [2.75, 3.05) is 7.05 Å². The second-order valence-corrected chi connectivity index (χ2v) is 6.17. The third-order valence-corrected chi connectivity index (χ3v) is 4.79. The SMILES string of the molecule is CN(C(=O)c1cccc(F)c1Cl)[C@@H]1CCc2ccc(C(=O)O)cc21. The fourth-order valence-corrected chi connectivity index (χ4v) is 3.32. The van der Waals surface area contributed by atoms with Crippen LogP contribution in [-0.2, 0) is 6.42 Å². The van der Waals surface area contributed by atoms with Crippen molar-refractivity contribution >= 4 is 23.5 Å². The van der Waals surface area contributed by atoms with Gasteiger partial charge in [-0.05, 0) is 48.2 Å². The van der Waals surface area contributed by atoms with E-state index in [2.05, 4.69) is 0 Å². The van der Waals surface area contributed by atoms with Gasteiger partial charge in [0, 0.05) is 7.05 Å². The van der Waals surface area contributed by atoms with Crippen LogP contribution < -0.4 is 0 Å². The van der Waals surface area contributed by atoms with Gasteiger partial charge in [0.15, 0.2) is 0 Å². The third-order valence-electron chi connectivity index (χ3n) is 4.41. The van der Waals surface area contributed by atoms with E-state index in [-0.39, 0.29) is 22.2 Å². The molecule has 0 spiro atoms. The Labute approximate surface area is 143 Å². The number of amides is 1. The minimum Gasteiger partial charge on any atom is -0.478 e. The summed E-state index contributed by atoms with van der Waals surface area (Å²) < 4.78 is 13.6. The van der Waals surface area contributed by atoms with Gasteiger partial charge in [-0.25, -0.2) is 9.18 Å². The predicted molar refractivity (Wildman–Crippen MR) is 88.0 cm³/mol. The van der Waals surface area contributed by atoms with Crippen molar-refractivity contribution in [3.63, 3.8) is 0 Å². The van der Waals surface area contributed by atoms with Crippen molar-refractivity contribution in [3.05, 3.63) is 69.5 Å². The molecular formula is C18H15ClFNO3. The van der Waals surface area contributed by atoms with Crippen LogP contribution in [-0.4, -0.2) is 28.9 Å². The Kier molecular flexibility index (Phi) is 4.28. The van der Waals surface area contributed by atoms with E-state index in [4.69, 9.17) is 16.7 Å². The first-order valence-corrected chi connectivity index (χ1v) is 7.85. The number of fused-ring (bicyclic) bond motifs is 1. The molecule has 0 aromatic heterocycles. The zero-order chi connectivity index (χ0) is 17.4. The summed E-state index contributed by atoms with van der Waals surface area (Å²) >= 11 is 5.91. The lowest BCUT2D eigenvalue weighted by molar-refractivity contribution is 0.0696. The Morgan fingerprint density at radius 2 is 2.04 bits per heavy atom. The normalized spacial score (nSPS) is 15.9. The van der Waals surface area contributed by atoms with Gasteiger partial charge in [0.2, 0.25) is 0 Å². The highest BCUT2D eigenvalue weighted by Gasteiger charge is 2.31. The summed E-state index contributed by atoms with van der Waals surface area (Å²) in [6.07, 6.45) is 1.45. The van der Waals surface area contributed by atoms with E-state index in [1.165, 1.54) is 23.1 Å². The zero-order valence-electron chi connectivity index (χ0n) is 12.9. The molecule has 2 aromatic carbocycles. The summed E-state index contributed by atoms with van der Waals surface area (Å²) in [4.78, 5) is 25.4. The van der Waals surface area contributed by atoms with Gasteiger partial charge >= 0.3 is 5.97 Å². The monoisotopic (exact) mass is 347 g/mol. The number of aromatic carboxylic acids is 1. The van der Waals surface area contributed by atoms with E-state index in [0.29, 0.717) is 6.42 Å². The molecule has 1 aliphatic rings. The first-order valence-electron chi connectivity index (χ1n) is 7.47. The quantitative estimate of drug-likeness (QED) is 0.915. The largest absolute Gasteiger partial charge is 0.478 e. The second-order valence-electron chi connectivity index (χ2n) is 5.79. The van der Waals surface area contributed by atoms with Crippen LogP contribution in [0.1, 0.15) is 44.3 Å². The Morgan fingerprint density at radius 3 is 2.75 bits per heavy atom. The summed E-state index contributed by atoms with van der Waals surface area (Å²) in [5.74, 6) is -2.04. The first kappa shape index (κ1) is 16.5. The van der Waals surface area contributed by atoms with Crippen LogP contribution in [0.25, 0.3) is 0 Å². The highest BCUT2D eigenvalue weighted by Crippen LogP contribution is 2.37. The molecule has 124 valence electrons. The molecular weight excluding hydrogens is 333 g/mol. The van der Waals surface area contributed by atoms with Gasteiger partial charge in [0.25, 0.3) is 5.91 Å². The molecule has 0 saturated heterocycles. The predicted octanol–water partition coefficient (Wildman–Crippen LogP) is 3.94. The number of carboxylic acids is 1. The van der Waals surface area contributed by atoms with Gasteiger partial charge in [-0.1, -0.05) is 23.7 Å². The van der Waals surface area contributed by atoms with Gasteiger partial charge in [-0.15, -0.1) is 0 Å². The molecule has 0 radical (unpaired) electrons. The van der Waals surface area contributed by atoms with Gasteiger partial charge in [-0.3, -0.25) is 4.79 Å². The summed E-state index contributed by atoms with van der Waals surface area (Å²) in [6.45, 7) is 0. The number of nitrogens with zero attached hydrogens (tertiary/aromatic N) is 1. The van der Waals surface area contributed by atoms with Crippen molar-refractivity contribution in [2.24, 2.45) is 0 Å². The number of hydrogen-bond acceptors (Lipinski definition) is 2. The van der Waals surface area contributed by atoms with E-state index in [9.17, 15) is 14.0 Å². The maximum atomic E-state index is 13.6. The molecule has 0 fully saturated rings. The molecule has 4 nitrogen and oxygen atoms in total. The highest BCUT2D eigenvalue weighted by atomic mass is 35.5. The average Bonchev–Trinajstić information content (AvgIpc) is 2.99. The molecule has 2 aromatic rings. The Balaban J connectivity index is 1.94. The number of benzene rings is 2. The minimum absolute atomic E-state index is 0.0991. The van der Waals surface area contributed by atoms with E-state index in [0.717, 1.165) is 17.5 Å². The molecule has 1 N–H and O–H groups in total. The first-order chi connectivity index (χ1) is 11.4. The topological polar surface area (TPSA) is 57.6 Å². The number of carboxylic acid groups (broad SMARTS) is 1. The number of rotatable bonds is 3. The molecule has 0 unspecified atom stereocenters. The van der Waals surface area contributed by atoms with Gasteiger partial charge < -0.3 is 10.0 Å². The van der Waals surface area contributed by atoms with Crippen molar-refractivity contribution in [3.8, 4) is 0 Å². The van der Waals surface area contributed by atoms with Crippen LogP contribution in [0.5, 0.6) is 0 Å². The van der Waals surface area contributed by atoms with E-state index < -0.39 is 17.7 Å². The number of aryl methyl sites for hydroxylation is 1. The van der Waals surface area contributed by atoms with Crippen molar-refractivity contribution < 1.29 is 19.1 Å². The third kappa shape index (κ3) is 2.76. The van der Waals surface area contributed by atoms with Crippen LogP contribution in [0.3, 0.4) is 0 Å². The second kappa shape index (κ2) is 6.24. The van der Waals surface area contributed by atoms with Crippen LogP contribution in [0.15, 0.2) is 36.4 Å². The average molecular weight is 348 g/mol. The summed E-state index contributed by atoms with van der Waals surface area (Å²) in [5, 5.41) is 8.95. The Hall–Kier alpha value is -2.40. The standard InChI is InChI=1S/C18H15ClFNO3/c1-21(17(22)12-3-2-4-14(20)16(12)19)15-8-7-10-5-6-11(18(23)24)9-13(10)15/h2-6,9,15H,7-8H2,1H3,(H,23,24)/t15-/m1/s1. The number of carbonyl (C=O) groups excluding carboxylic acids is 1. The fraction of sp³-hybridized carbons (Fsp3) is 0.222. The molecule has 1 amide bonds. The van der Waals surface area contributed by atoms with Crippen LogP contribution in [0.2, 0.25) is 5.02 Å². The molecule has 0 aliphatic heterocycles. The lowest BCUT2D eigenvalue weighted by Crippen LogP contribution is -2.30. The molecule has 0 heterocycles. The molecule has 1 atom stereocenters. The molecule has 3 rings (SSSR count). The number of carbonyl (C=O) groups is 2.